The monoisotopic (exact) mass is 320 g/mol. The van der Waals surface area contributed by atoms with Crippen molar-refractivity contribution in [2.24, 2.45) is 7.05 Å². The molecule has 0 aliphatic carbocycles. The lowest BCUT2D eigenvalue weighted by Gasteiger charge is -2.06. The van der Waals surface area contributed by atoms with Crippen LogP contribution in [0.5, 0.6) is 11.6 Å². The van der Waals surface area contributed by atoms with Gasteiger partial charge in [-0.1, -0.05) is 13.0 Å². The number of hydrogen-bond donors (Lipinski definition) is 1. The number of fused-ring (bicyclic) bond motifs is 2. The van der Waals surface area contributed by atoms with Crippen molar-refractivity contribution in [3.63, 3.8) is 0 Å². The number of aromatic nitrogens is 2. The maximum Gasteiger partial charge on any atom is 0.203 e. The highest BCUT2D eigenvalue weighted by Gasteiger charge is 2.12. The second-order valence-electron chi connectivity index (χ2n) is 6.09. The summed E-state index contributed by atoms with van der Waals surface area (Å²) in [6, 6.07) is 14.1. The number of aryl methyl sites for hydroxylation is 1. The van der Waals surface area contributed by atoms with Crippen molar-refractivity contribution in [2.45, 2.75) is 13.3 Å². The van der Waals surface area contributed by atoms with Gasteiger partial charge in [0.25, 0.3) is 0 Å². The van der Waals surface area contributed by atoms with Gasteiger partial charge in [-0.3, -0.25) is 4.57 Å². The Hall–Kier alpha value is -2.88. The van der Waals surface area contributed by atoms with E-state index in [-0.39, 0.29) is 5.88 Å². The van der Waals surface area contributed by atoms with Gasteiger partial charge >= 0.3 is 0 Å². The fourth-order valence-electron chi connectivity index (χ4n) is 3.08. The molecule has 4 nitrogen and oxygen atoms in total. The molecule has 0 saturated heterocycles. The lowest BCUT2D eigenvalue weighted by molar-refractivity contribution is 0.318. The van der Waals surface area contributed by atoms with Crippen LogP contribution in [0.1, 0.15) is 13.3 Å². The van der Waals surface area contributed by atoms with Gasteiger partial charge in [-0.25, -0.2) is 0 Å². The second-order valence-corrected chi connectivity index (χ2v) is 6.09. The summed E-state index contributed by atoms with van der Waals surface area (Å²) < 4.78 is 9.57. The van der Waals surface area contributed by atoms with Crippen molar-refractivity contribution in [1.82, 2.24) is 9.13 Å². The zero-order chi connectivity index (χ0) is 16.7. The molecular formula is C20H20N2O2. The average molecular weight is 320 g/mol. The highest BCUT2D eigenvalue weighted by molar-refractivity contribution is 5.90. The molecule has 0 unspecified atom stereocenters. The van der Waals surface area contributed by atoms with E-state index in [9.17, 15) is 5.11 Å². The molecule has 1 N–H and O–H groups in total. The zero-order valence-electron chi connectivity index (χ0n) is 13.9. The first-order valence-corrected chi connectivity index (χ1v) is 8.19. The third kappa shape index (κ3) is 2.31. The van der Waals surface area contributed by atoms with E-state index in [2.05, 4.69) is 29.7 Å². The molecule has 0 spiro atoms. The van der Waals surface area contributed by atoms with E-state index in [0.717, 1.165) is 34.1 Å². The van der Waals surface area contributed by atoms with Gasteiger partial charge in [0.05, 0.1) is 12.3 Å². The highest BCUT2D eigenvalue weighted by Crippen LogP contribution is 2.33. The van der Waals surface area contributed by atoms with Crippen LogP contribution in [0, 0.1) is 0 Å². The first-order valence-electron chi connectivity index (χ1n) is 8.19. The fourth-order valence-corrected chi connectivity index (χ4v) is 3.08. The van der Waals surface area contributed by atoms with Crippen molar-refractivity contribution in [3.05, 3.63) is 54.9 Å². The predicted molar refractivity (Wildman–Crippen MR) is 97.2 cm³/mol. The summed E-state index contributed by atoms with van der Waals surface area (Å²) in [4.78, 5) is 0. The summed E-state index contributed by atoms with van der Waals surface area (Å²) in [5, 5.41) is 13.7. The molecule has 0 radical (unpaired) electrons. The van der Waals surface area contributed by atoms with E-state index in [4.69, 9.17) is 4.74 Å². The molecule has 4 aromatic rings. The SMILES string of the molecule is CCCOc1ccc2cn(-c3ccc4ccn(C)c4c3)c(O)c2c1. The molecule has 0 atom stereocenters. The van der Waals surface area contributed by atoms with Gasteiger partial charge in [0, 0.05) is 35.7 Å². The van der Waals surface area contributed by atoms with Crippen LogP contribution in [0.3, 0.4) is 0 Å². The largest absolute Gasteiger partial charge is 0.494 e. The summed E-state index contributed by atoms with van der Waals surface area (Å²) >= 11 is 0. The van der Waals surface area contributed by atoms with Crippen LogP contribution in [-0.2, 0) is 7.05 Å². The van der Waals surface area contributed by atoms with E-state index in [1.165, 1.54) is 5.39 Å². The van der Waals surface area contributed by atoms with Crippen LogP contribution in [0.25, 0.3) is 27.4 Å². The summed E-state index contributed by atoms with van der Waals surface area (Å²) in [6.07, 6.45) is 4.96. The molecule has 2 aromatic carbocycles. The smallest absolute Gasteiger partial charge is 0.203 e. The van der Waals surface area contributed by atoms with Crippen molar-refractivity contribution in [1.29, 1.82) is 0 Å². The molecule has 0 fully saturated rings. The van der Waals surface area contributed by atoms with Crippen LogP contribution >= 0.6 is 0 Å². The van der Waals surface area contributed by atoms with Gasteiger partial charge in [0.2, 0.25) is 5.88 Å². The first-order chi connectivity index (χ1) is 11.7. The third-order valence-electron chi connectivity index (χ3n) is 4.38. The fraction of sp³-hybridized carbons (Fsp3) is 0.200. The van der Waals surface area contributed by atoms with Crippen LogP contribution < -0.4 is 4.74 Å². The summed E-state index contributed by atoms with van der Waals surface area (Å²) in [5.41, 5.74) is 2.07. The lowest BCUT2D eigenvalue weighted by Crippen LogP contribution is -1.94. The maximum atomic E-state index is 10.7. The Bertz CT molecular complexity index is 1030. The normalized spacial score (nSPS) is 11.4. The molecule has 0 aliphatic heterocycles. The molecule has 4 heteroatoms. The van der Waals surface area contributed by atoms with E-state index >= 15 is 0 Å². The zero-order valence-corrected chi connectivity index (χ0v) is 13.9. The molecular weight excluding hydrogens is 300 g/mol. The molecule has 2 heterocycles. The quantitative estimate of drug-likeness (QED) is 0.596. The number of nitrogens with zero attached hydrogens (tertiary/aromatic N) is 2. The summed E-state index contributed by atoms with van der Waals surface area (Å²) in [7, 11) is 2.02. The number of benzene rings is 2. The van der Waals surface area contributed by atoms with Crippen LogP contribution in [0.4, 0.5) is 0 Å². The van der Waals surface area contributed by atoms with Crippen molar-refractivity contribution >= 4 is 21.7 Å². The predicted octanol–water partition coefficient (Wildman–Crippen LogP) is 4.62. The maximum absolute atomic E-state index is 10.7. The molecule has 0 aliphatic rings. The Kier molecular flexibility index (Phi) is 3.45. The van der Waals surface area contributed by atoms with Gasteiger partial charge in [0.15, 0.2) is 0 Å². The van der Waals surface area contributed by atoms with Crippen LogP contribution in [0.2, 0.25) is 0 Å². The minimum Gasteiger partial charge on any atom is -0.494 e. The van der Waals surface area contributed by atoms with E-state index in [0.29, 0.717) is 6.61 Å². The molecule has 2 aromatic heterocycles. The lowest BCUT2D eigenvalue weighted by atomic mass is 10.2. The Morgan fingerprint density at radius 3 is 2.71 bits per heavy atom. The molecule has 0 saturated carbocycles. The summed E-state index contributed by atoms with van der Waals surface area (Å²) in [5.74, 6) is 1.02. The van der Waals surface area contributed by atoms with Gasteiger partial charge in [0.1, 0.15) is 5.75 Å². The van der Waals surface area contributed by atoms with Gasteiger partial charge in [-0.15, -0.1) is 0 Å². The van der Waals surface area contributed by atoms with Crippen molar-refractivity contribution in [3.8, 4) is 17.3 Å². The Labute approximate surface area is 140 Å². The number of hydrogen-bond acceptors (Lipinski definition) is 2. The second kappa shape index (κ2) is 5.64. The molecule has 4 rings (SSSR count). The third-order valence-corrected chi connectivity index (χ3v) is 4.38. The molecule has 122 valence electrons. The molecule has 0 amide bonds. The van der Waals surface area contributed by atoms with Crippen LogP contribution in [-0.4, -0.2) is 20.8 Å². The first kappa shape index (κ1) is 14.7. The number of rotatable bonds is 4. The van der Waals surface area contributed by atoms with E-state index in [1.54, 1.807) is 0 Å². The van der Waals surface area contributed by atoms with Crippen molar-refractivity contribution in [2.75, 3.05) is 6.61 Å². The summed E-state index contributed by atoms with van der Waals surface area (Å²) in [6.45, 7) is 2.75. The molecule has 24 heavy (non-hydrogen) atoms. The van der Waals surface area contributed by atoms with Gasteiger partial charge in [-0.05, 0) is 48.2 Å². The average Bonchev–Trinajstić information content (AvgIpc) is 3.13. The minimum absolute atomic E-state index is 0.237. The minimum atomic E-state index is 0.237. The van der Waals surface area contributed by atoms with Crippen LogP contribution in [0.15, 0.2) is 54.9 Å². The van der Waals surface area contributed by atoms with Gasteiger partial charge in [-0.2, -0.15) is 0 Å². The number of ether oxygens (including phenoxy) is 1. The van der Waals surface area contributed by atoms with E-state index in [1.807, 2.05) is 48.3 Å². The van der Waals surface area contributed by atoms with Crippen molar-refractivity contribution < 1.29 is 9.84 Å². The Morgan fingerprint density at radius 1 is 1.04 bits per heavy atom. The van der Waals surface area contributed by atoms with E-state index < -0.39 is 0 Å². The Balaban J connectivity index is 1.83. The number of aromatic hydroxyl groups is 1. The standard InChI is InChI=1S/C20H20N2O2/c1-3-10-24-17-7-5-15-13-22(20(23)18(15)12-17)16-6-4-14-8-9-21(2)19(14)11-16/h4-9,11-13,23H,3,10H2,1-2H3. The van der Waals surface area contributed by atoms with Gasteiger partial charge < -0.3 is 14.4 Å². The topological polar surface area (TPSA) is 39.3 Å². The highest BCUT2D eigenvalue weighted by atomic mass is 16.5. The molecule has 0 bridgehead atoms. The Morgan fingerprint density at radius 2 is 1.88 bits per heavy atom.